The Morgan fingerprint density at radius 1 is 1.32 bits per heavy atom. The van der Waals surface area contributed by atoms with Crippen LogP contribution >= 0.6 is 15.9 Å². The third kappa shape index (κ3) is 4.53. The lowest BCUT2D eigenvalue weighted by atomic mass is 9.95. The number of carbonyl (C=O) groups is 1. The van der Waals surface area contributed by atoms with E-state index in [1.54, 1.807) is 0 Å². The van der Waals surface area contributed by atoms with Crippen molar-refractivity contribution in [2.24, 2.45) is 0 Å². The van der Waals surface area contributed by atoms with Gasteiger partial charge in [0.15, 0.2) is 0 Å². The number of hydrogen-bond donors (Lipinski definition) is 2. The minimum Gasteiger partial charge on any atom is -0.374 e. The molecule has 0 radical (unpaired) electrons. The zero-order valence-corrected chi connectivity index (χ0v) is 12.9. The second-order valence-electron chi connectivity index (χ2n) is 5.22. The van der Waals surface area contributed by atoms with E-state index in [1.165, 1.54) is 19.3 Å². The van der Waals surface area contributed by atoms with Crippen molar-refractivity contribution in [1.82, 2.24) is 5.32 Å². The number of anilines is 1. The summed E-state index contributed by atoms with van der Waals surface area (Å²) in [6.07, 6.45) is 6.01. The first kappa shape index (κ1) is 14.4. The summed E-state index contributed by atoms with van der Waals surface area (Å²) >= 11 is 3.43. The molecule has 1 aliphatic carbocycles. The van der Waals surface area contributed by atoms with Gasteiger partial charge in [0.05, 0.1) is 0 Å². The smallest absolute Gasteiger partial charge is 0.242 e. The highest BCUT2D eigenvalue weighted by atomic mass is 79.9. The number of rotatable bonds is 4. The molecule has 1 fully saturated rings. The van der Waals surface area contributed by atoms with Gasteiger partial charge in [0.1, 0.15) is 6.04 Å². The third-order valence-corrected chi connectivity index (χ3v) is 4.05. The van der Waals surface area contributed by atoms with Crippen molar-refractivity contribution in [1.29, 1.82) is 0 Å². The molecule has 0 aromatic heterocycles. The average molecular weight is 325 g/mol. The summed E-state index contributed by atoms with van der Waals surface area (Å²) in [5, 5.41) is 6.37. The van der Waals surface area contributed by atoms with Crippen LogP contribution in [0.15, 0.2) is 28.7 Å². The summed E-state index contributed by atoms with van der Waals surface area (Å²) in [5.41, 5.74) is 0.959. The molecule has 0 aliphatic heterocycles. The molecule has 104 valence electrons. The molecule has 1 amide bonds. The van der Waals surface area contributed by atoms with E-state index in [2.05, 4.69) is 26.6 Å². The maximum atomic E-state index is 12.1. The molecule has 1 unspecified atom stereocenters. The number of nitrogens with one attached hydrogen (secondary N) is 2. The van der Waals surface area contributed by atoms with Crippen LogP contribution in [0.5, 0.6) is 0 Å². The van der Waals surface area contributed by atoms with Gasteiger partial charge in [-0.1, -0.05) is 41.3 Å². The molecule has 1 saturated carbocycles. The van der Waals surface area contributed by atoms with Crippen LogP contribution in [0.1, 0.15) is 39.0 Å². The summed E-state index contributed by atoms with van der Waals surface area (Å²) in [6.45, 7) is 1.90. The van der Waals surface area contributed by atoms with E-state index < -0.39 is 0 Å². The Labute approximate surface area is 123 Å². The van der Waals surface area contributed by atoms with E-state index in [9.17, 15) is 4.79 Å². The van der Waals surface area contributed by atoms with Gasteiger partial charge in [-0.05, 0) is 38.0 Å². The zero-order chi connectivity index (χ0) is 13.7. The summed E-state index contributed by atoms with van der Waals surface area (Å²) in [7, 11) is 0. The van der Waals surface area contributed by atoms with Gasteiger partial charge in [0.25, 0.3) is 0 Å². The highest BCUT2D eigenvalue weighted by Crippen LogP contribution is 2.18. The van der Waals surface area contributed by atoms with E-state index >= 15 is 0 Å². The maximum absolute atomic E-state index is 12.1. The second-order valence-corrected chi connectivity index (χ2v) is 6.14. The summed E-state index contributed by atoms with van der Waals surface area (Å²) in [5.74, 6) is 0.0897. The molecule has 0 saturated heterocycles. The Kier molecular flexibility index (Phi) is 5.25. The minimum absolute atomic E-state index is 0.0897. The van der Waals surface area contributed by atoms with Crippen molar-refractivity contribution in [2.75, 3.05) is 5.32 Å². The van der Waals surface area contributed by atoms with Crippen LogP contribution < -0.4 is 10.6 Å². The highest BCUT2D eigenvalue weighted by molar-refractivity contribution is 9.10. The van der Waals surface area contributed by atoms with E-state index in [0.717, 1.165) is 23.0 Å². The quantitative estimate of drug-likeness (QED) is 0.886. The predicted molar refractivity (Wildman–Crippen MR) is 82.2 cm³/mol. The number of halogens is 1. The standard InChI is InChI=1S/C15H21BrN2O/c1-11(17-14-9-5-6-12(16)10-14)15(19)18-13-7-3-2-4-8-13/h5-6,9-11,13,17H,2-4,7-8H2,1H3,(H,18,19). The fraction of sp³-hybridized carbons (Fsp3) is 0.533. The first-order chi connectivity index (χ1) is 9.15. The van der Waals surface area contributed by atoms with Gasteiger partial charge in [0.2, 0.25) is 5.91 Å². The summed E-state index contributed by atoms with van der Waals surface area (Å²) < 4.78 is 1.01. The maximum Gasteiger partial charge on any atom is 0.242 e. The van der Waals surface area contributed by atoms with Gasteiger partial charge in [-0.2, -0.15) is 0 Å². The third-order valence-electron chi connectivity index (χ3n) is 3.55. The Hall–Kier alpha value is -1.03. The second kappa shape index (κ2) is 6.94. The Bertz CT molecular complexity index is 430. The Balaban J connectivity index is 1.84. The van der Waals surface area contributed by atoms with Crippen LogP contribution in [-0.4, -0.2) is 18.0 Å². The van der Waals surface area contributed by atoms with Crippen LogP contribution in [-0.2, 0) is 4.79 Å². The zero-order valence-electron chi connectivity index (χ0n) is 11.3. The van der Waals surface area contributed by atoms with E-state index in [-0.39, 0.29) is 11.9 Å². The Morgan fingerprint density at radius 3 is 2.74 bits per heavy atom. The van der Waals surface area contributed by atoms with Gasteiger partial charge in [-0.3, -0.25) is 4.79 Å². The molecule has 0 bridgehead atoms. The van der Waals surface area contributed by atoms with Gasteiger partial charge >= 0.3 is 0 Å². The molecule has 3 nitrogen and oxygen atoms in total. The number of carbonyl (C=O) groups excluding carboxylic acids is 1. The highest BCUT2D eigenvalue weighted by Gasteiger charge is 2.19. The van der Waals surface area contributed by atoms with Crippen molar-refractivity contribution < 1.29 is 4.79 Å². The lowest BCUT2D eigenvalue weighted by Gasteiger charge is -2.25. The summed E-state index contributed by atoms with van der Waals surface area (Å²) in [4.78, 5) is 12.1. The first-order valence-electron chi connectivity index (χ1n) is 6.97. The van der Waals surface area contributed by atoms with Crippen LogP contribution in [0.2, 0.25) is 0 Å². The van der Waals surface area contributed by atoms with Crippen molar-refractivity contribution >= 4 is 27.5 Å². The van der Waals surface area contributed by atoms with Gasteiger partial charge in [0, 0.05) is 16.2 Å². The normalized spacial score (nSPS) is 17.8. The average Bonchev–Trinajstić information content (AvgIpc) is 2.40. The number of benzene rings is 1. The van der Waals surface area contributed by atoms with Crippen LogP contribution in [0.4, 0.5) is 5.69 Å². The summed E-state index contributed by atoms with van der Waals surface area (Å²) in [6, 6.07) is 8.03. The van der Waals surface area contributed by atoms with E-state index in [0.29, 0.717) is 6.04 Å². The fourth-order valence-corrected chi connectivity index (χ4v) is 2.87. The molecule has 1 aromatic carbocycles. The van der Waals surface area contributed by atoms with Crippen LogP contribution in [0, 0.1) is 0 Å². The molecule has 0 heterocycles. The molecule has 19 heavy (non-hydrogen) atoms. The van der Waals surface area contributed by atoms with Gasteiger partial charge in [-0.25, -0.2) is 0 Å². The topological polar surface area (TPSA) is 41.1 Å². The van der Waals surface area contributed by atoms with Crippen molar-refractivity contribution in [3.63, 3.8) is 0 Å². The molecule has 1 atom stereocenters. The monoisotopic (exact) mass is 324 g/mol. The molecule has 0 spiro atoms. The molecule has 2 rings (SSSR count). The SMILES string of the molecule is CC(Nc1cccc(Br)c1)C(=O)NC1CCCCC1. The Morgan fingerprint density at radius 2 is 2.05 bits per heavy atom. The van der Waals surface area contributed by atoms with Crippen molar-refractivity contribution in [3.8, 4) is 0 Å². The van der Waals surface area contributed by atoms with Crippen LogP contribution in [0.3, 0.4) is 0 Å². The molecule has 2 N–H and O–H groups in total. The molecule has 4 heteroatoms. The minimum atomic E-state index is -0.212. The van der Waals surface area contributed by atoms with E-state index in [4.69, 9.17) is 0 Å². The van der Waals surface area contributed by atoms with Crippen LogP contribution in [0.25, 0.3) is 0 Å². The van der Waals surface area contributed by atoms with Crippen molar-refractivity contribution in [2.45, 2.75) is 51.1 Å². The largest absolute Gasteiger partial charge is 0.374 e. The predicted octanol–water partition coefficient (Wildman–Crippen LogP) is 3.70. The molecule has 1 aliphatic rings. The molecular formula is C15H21BrN2O. The molecule has 1 aromatic rings. The number of hydrogen-bond acceptors (Lipinski definition) is 2. The van der Waals surface area contributed by atoms with E-state index in [1.807, 2.05) is 31.2 Å². The lowest BCUT2D eigenvalue weighted by molar-refractivity contribution is -0.122. The van der Waals surface area contributed by atoms with Crippen molar-refractivity contribution in [3.05, 3.63) is 28.7 Å². The molecular weight excluding hydrogens is 304 g/mol. The first-order valence-corrected chi connectivity index (χ1v) is 7.77. The number of amides is 1. The fourth-order valence-electron chi connectivity index (χ4n) is 2.47. The van der Waals surface area contributed by atoms with Gasteiger partial charge < -0.3 is 10.6 Å². The lowest BCUT2D eigenvalue weighted by Crippen LogP contribution is -2.43. The van der Waals surface area contributed by atoms with Gasteiger partial charge in [-0.15, -0.1) is 0 Å².